The lowest BCUT2D eigenvalue weighted by atomic mass is 10.2. The van der Waals surface area contributed by atoms with Gasteiger partial charge in [-0.15, -0.1) is 0 Å². The molecule has 2 aromatic heterocycles. The van der Waals surface area contributed by atoms with E-state index < -0.39 is 0 Å². The van der Waals surface area contributed by atoms with E-state index in [2.05, 4.69) is 38.6 Å². The van der Waals surface area contributed by atoms with Gasteiger partial charge in [-0.25, -0.2) is 15.0 Å². The monoisotopic (exact) mass is 408 g/mol. The highest BCUT2D eigenvalue weighted by Crippen LogP contribution is 2.35. The van der Waals surface area contributed by atoms with Gasteiger partial charge in [0.1, 0.15) is 23.5 Å². The predicted molar refractivity (Wildman–Crippen MR) is 117 cm³/mol. The number of hydrogen-bond acceptors (Lipinski definition) is 9. The van der Waals surface area contributed by atoms with E-state index in [9.17, 15) is 0 Å². The van der Waals surface area contributed by atoms with E-state index in [1.165, 1.54) is 11.9 Å². The van der Waals surface area contributed by atoms with Gasteiger partial charge in [-0.1, -0.05) is 17.4 Å². The molecule has 0 atom stereocenters. The Kier molecular flexibility index (Phi) is 5.05. The molecule has 0 aliphatic heterocycles. The third-order valence-corrected chi connectivity index (χ3v) is 5.25. The molecule has 0 radical (unpaired) electrons. The molecule has 0 spiro atoms. The van der Waals surface area contributed by atoms with Crippen molar-refractivity contribution in [1.29, 1.82) is 0 Å². The minimum absolute atomic E-state index is 0.376. The highest BCUT2D eigenvalue weighted by molar-refractivity contribution is 7.22. The third-order valence-electron chi connectivity index (χ3n) is 4.31. The summed E-state index contributed by atoms with van der Waals surface area (Å²) in [6.45, 7) is 2.06. The second-order valence-electron chi connectivity index (χ2n) is 6.29. The van der Waals surface area contributed by atoms with E-state index in [4.69, 9.17) is 15.2 Å². The largest absolute Gasteiger partial charge is 0.497 e. The minimum atomic E-state index is 0.376. The van der Waals surface area contributed by atoms with Gasteiger partial charge in [0.25, 0.3) is 0 Å². The van der Waals surface area contributed by atoms with Crippen LogP contribution in [-0.4, -0.2) is 29.2 Å². The molecule has 4 aromatic rings. The molecule has 29 heavy (non-hydrogen) atoms. The average molecular weight is 408 g/mol. The van der Waals surface area contributed by atoms with E-state index in [1.807, 2.05) is 24.3 Å². The first-order valence-corrected chi connectivity index (χ1v) is 9.63. The molecular weight excluding hydrogens is 388 g/mol. The summed E-state index contributed by atoms with van der Waals surface area (Å²) in [6, 6.07) is 11.6. The SMILES string of the molecule is COc1ccc(Nc2ncnc(Nc3nc4ccc(C)cc4s3)c2N)c(OC)c1. The van der Waals surface area contributed by atoms with Crippen molar-refractivity contribution < 1.29 is 9.47 Å². The first kappa shape index (κ1) is 18.8. The maximum atomic E-state index is 6.31. The fourth-order valence-electron chi connectivity index (χ4n) is 2.81. The number of thiazole rings is 1. The van der Waals surface area contributed by atoms with Gasteiger partial charge in [-0.3, -0.25) is 0 Å². The van der Waals surface area contributed by atoms with Crippen LogP contribution in [0.1, 0.15) is 5.56 Å². The number of nitrogens with one attached hydrogen (secondary N) is 2. The Morgan fingerprint density at radius 3 is 2.52 bits per heavy atom. The molecule has 0 fully saturated rings. The summed E-state index contributed by atoms with van der Waals surface area (Å²) < 4.78 is 11.7. The first-order valence-electron chi connectivity index (χ1n) is 8.81. The van der Waals surface area contributed by atoms with Crippen molar-refractivity contribution in [3.05, 3.63) is 48.3 Å². The van der Waals surface area contributed by atoms with Gasteiger partial charge >= 0.3 is 0 Å². The zero-order chi connectivity index (χ0) is 20.4. The van der Waals surface area contributed by atoms with Crippen molar-refractivity contribution >= 4 is 49.7 Å². The Balaban J connectivity index is 1.61. The zero-order valence-electron chi connectivity index (χ0n) is 16.2. The van der Waals surface area contributed by atoms with Crippen LogP contribution in [0.25, 0.3) is 10.2 Å². The summed E-state index contributed by atoms with van der Waals surface area (Å²) in [7, 11) is 3.19. The summed E-state index contributed by atoms with van der Waals surface area (Å²) in [5.74, 6) is 2.24. The normalized spacial score (nSPS) is 10.7. The van der Waals surface area contributed by atoms with Crippen LogP contribution in [0, 0.1) is 6.92 Å². The quantitative estimate of drug-likeness (QED) is 0.429. The van der Waals surface area contributed by atoms with Crippen molar-refractivity contribution in [1.82, 2.24) is 15.0 Å². The smallest absolute Gasteiger partial charge is 0.189 e. The maximum Gasteiger partial charge on any atom is 0.189 e. The molecule has 0 aliphatic carbocycles. The summed E-state index contributed by atoms with van der Waals surface area (Å²) in [5, 5.41) is 7.10. The zero-order valence-corrected chi connectivity index (χ0v) is 17.0. The van der Waals surface area contributed by atoms with E-state index in [-0.39, 0.29) is 0 Å². The number of aryl methyl sites for hydroxylation is 1. The Morgan fingerprint density at radius 2 is 1.76 bits per heavy atom. The summed E-state index contributed by atoms with van der Waals surface area (Å²) in [4.78, 5) is 13.1. The number of fused-ring (bicyclic) bond motifs is 1. The van der Waals surface area contributed by atoms with Crippen LogP contribution < -0.4 is 25.8 Å². The highest BCUT2D eigenvalue weighted by atomic mass is 32.1. The summed E-state index contributed by atoms with van der Waals surface area (Å²) >= 11 is 1.54. The fraction of sp³-hybridized carbons (Fsp3) is 0.150. The summed E-state index contributed by atoms with van der Waals surface area (Å²) in [6.07, 6.45) is 1.44. The topological polar surface area (TPSA) is 107 Å². The van der Waals surface area contributed by atoms with Crippen LogP contribution in [0.2, 0.25) is 0 Å². The lowest BCUT2D eigenvalue weighted by Gasteiger charge is -2.14. The van der Waals surface area contributed by atoms with Crippen molar-refractivity contribution in [2.75, 3.05) is 30.6 Å². The van der Waals surface area contributed by atoms with Crippen molar-refractivity contribution in [2.45, 2.75) is 6.92 Å². The van der Waals surface area contributed by atoms with Crippen LogP contribution in [0.5, 0.6) is 11.5 Å². The lowest BCUT2D eigenvalue weighted by molar-refractivity contribution is 0.395. The number of nitrogens with two attached hydrogens (primary N) is 1. The van der Waals surface area contributed by atoms with Gasteiger partial charge in [0.15, 0.2) is 16.8 Å². The van der Waals surface area contributed by atoms with Gasteiger partial charge in [0.05, 0.1) is 30.1 Å². The molecule has 0 saturated heterocycles. The molecule has 4 N–H and O–H groups in total. The Bertz CT molecular complexity index is 1180. The van der Waals surface area contributed by atoms with Crippen molar-refractivity contribution in [2.24, 2.45) is 0 Å². The van der Waals surface area contributed by atoms with E-state index in [1.54, 1.807) is 31.6 Å². The molecule has 148 valence electrons. The number of nitrogen functional groups attached to an aromatic ring is 1. The van der Waals surface area contributed by atoms with E-state index >= 15 is 0 Å². The molecule has 0 bridgehead atoms. The van der Waals surface area contributed by atoms with Crippen LogP contribution in [0.3, 0.4) is 0 Å². The van der Waals surface area contributed by atoms with Gasteiger partial charge in [0, 0.05) is 6.07 Å². The van der Waals surface area contributed by atoms with Gasteiger partial charge in [0.2, 0.25) is 0 Å². The van der Waals surface area contributed by atoms with Gasteiger partial charge < -0.3 is 25.8 Å². The molecule has 2 heterocycles. The Hall–Kier alpha value is -3.59. The van der Waals surface area contributed by atoms with Crippen molar-refractivity contribution in [3.8, 4) is 11.5 Å². The number of nitrogens with zero attached hydrogens (tertiary/aromatic N) is 3. The predicted octanol–water partition coefficient (Wildman–Crippen LogP) is 4.48. The highest BCUT2D eigenvalue weighted by Gasteiger charge is 2.13. The minimum Gasteiger partial charge on any atom is -0.497 e. The number of benzene rings is 2. The number of methoxy groups -OCH3 is 2. The fourth-order valence-corrected chi connectivity index (χ4v) is 3.77. The first-order chi connectivity index (χ1) is 14.1. The molecule has 9 heteroatoms. The van der Waals surface area contributed by atoms with Gasteiger partial charge in [-0.2, -0.15) is 0 Å². The third kappa shape index (κ3) is 3.85. The van der Waals surface area contributed by atoms with Gasteiger partial charge in [-0.05, 0) is 36.8 Å². The molecule has 2 aromatic carbocycles. The van der Waals surface area contributed by atoms with Crippen LogP contribution in [0.15, 0.2) is 42.7 Å². The van der Waals surface area contributed by atoms with E-state index in [0.717, 1.165) is 10.2 Å². The average Bonchev–Trinajstić information content (AvgIpc) is 3.12. The van der Waals surface area contributed by atoms with Crippen LogP contribution in [0.4, 0.5) is 28.1 Å². The number of aromatic nitrogens is 3. The molecule has 0 amide bonds. The number of anilines is 5. The molecule has 8 nitrogen and oxygen atoms in total. The van der Waals surface area contributed by atoms with Crippen molar-refractivity contribution in [3.63, 3.8) is 0 Å². The Labute approximate surface area is 171 Å². The molecule has 0 unspecified atom stereocenters. The van der Waals surface area contributed by atoms with Crippen LogP contribution in [-0.2, 0) is 0 Å². The number of rotatable bonds is 6. The summed E-state index contributed by atoms with van der Waals surface area (Å²) in [5.41, 5.74) is 9.51. The Morgan fingerprint density at radius 1 is 0.966 bits per heavy atom. The number of hydrogen-bond donors (Lipinski definition) is 3. The standard InChI is InChI=1S/C20H20N6O2S/c1-11-4-6-14-16(8-11)29-20(25-14)26-19-17(21)18(22-10-23-19)24-13-7-5-12(27-2)9-15(13)28-3/h4-10H,21H2,1-3H3,(H2,22,23,24,25,26). The lowest BCUT2D eigenvalue weighted by Crippen LogP contribution is -2.05. The second-order valence-corrected chi connectivity index (χ2v) is 7.32. The molecule has 0 aliphatic rings. The molecule has 0 saturated carbocycles. The van der Waals surface area contributed by atoms with E-state index in [0.29, 0.717) is 39.6 Å². The molecular formula is C20H20N6O2S. The second kappa shape index (κ2) is 7.80. The van der Waals surface area contributed by atoms with Crippen LogP contribution >= 0.6 is 11.3 Å². The maximum absolute atomic E-state index is 6.31. The number of ether oxygens (including phenoxy) is 2. The molecule has 4 rings (SSSR count).